The Bertz CT molecular complexity index is 1160. The van der Waals surface area contributed by atoms with E-state index in [0.29, 0.717) is 38.3 Å². The predicted molar refractivity (Wildman–Crippen MR) is 123 cm³/mol. The average molecular weight is 494 g/mol. The molecule has 0 saturated carbocycles. The lowest BCUT2D eigenvalue weighted by molar-refractivity contribution is -0.148. The van der Waals surface area contributed by atoms with Crippen LogP contribution in [-0.4, -0.2) is 64.4 Å². The van der Waals surface area contributed by atoms with Crippen LogP contribution >= 0.6 is 0 Å². The van der Waals surface area contributed by atoms with E-state index >= 15 is 0 Å². The molecule has 1 aromatic heterocycles. The van der Waals surface area contributed by atoms with Crippen LogP contribution in [0.15, 0.2) is 35.4 Å². The number of piperidine rings is 1. The number of nitrogens with zero attached hydrogens (tertiary/aromatic N) is 2. The largest absolute Gasteiger partial charge is 0.497 e. The molecule has 0 atom stereocenters. The Labute approximate surface area is 197 Å². The Balaban J connectivity index is 1.84. The number of sulfonamides is 1. The van der Waals surface area contributed by atoms with Gasteiger partial charge < -0.3 is 24.2 Å². The van der Waals surface area contributed by atoms with Gasteiger partial charge in [-0.3, -0.25) is 9.52 Å². The monoisotopic (exact) mass is 493 g/mol. The molecule has 1 aliphatic heterocycles. The Morgan fingerprint density at radius 3 is 2.47 bits per heavy atom. The maximum absolute atomic E-state index is 13.0. The van der Waals surface area contributed by atoms with Crippen molar-refractivity contribution in [1.82, 2.24) is 4.98 Å². The fourth-order valence-electron chi connectivity index (χ4n) is 3.71. The molecule has 0 spiro atoms. The lowest BCUT2D eigenvalue weighted by atomic mass is 9.96. The van der Waals surface area contributed by atoms with Gasteiger partial charge in [0.1, 0.15) is 27.8 Å². The third-order valence-electron chi connectivity index (χ3n) is 5.42. The van der Waals surface area contributed by atoms with E-state index in [1.54, 1.807) is 17.9 Å². The Hall–Kier alpha value is -3.54. The zero-order chi connectivity index (χ0) is 24.9. The molecule has 1 aliphatic rings. The van der Waals surface area contributed by atoms with Crippen LogP contribution in [0.1, 0.15) is 30.1 Å². The van der Waals surface area contributed by atoms with Gasteiger partial charge in [-0.05, 0) is 38.0 Å². The number of esters is 1. The number of pyridine rings is 1. The fourth-order valence-corrected chi connectivity index (χ4v) is 4.93. The summed E-state index contributed by atoms with van der Waals surface area (Å²) in [7, 11) is -1.40. The molecule has 1 aromatic carbocycles. The average Bonchev–Trinajstić information content (AvgIpc) is 2.83. The van der Waals surface area contributed by atoms with Crippen molar-refractivity contribution in [3.63, 3.8) is 0 Å². The van der Waals surface area contributed by atoms with E-state index in [2.05, 4.69) is 9.71 Å². The highest BCUT2D eigenvalue weighted by Gasteiger charge is 2.29. The summed E-state index contributed by atoms with van der Waals surface area (Å²) in [6.07, 6.45) is 2.26. The molecule has 0 radical (unpaired) electrons. The summed E-state index contributed by atoms with van der Waals surface area (Å²) in [5.74, 6) is -1.14. The van der Waals surface area contributed by atoms with Gasteiger partial charge >= 0.3 is 11.9 Å². The predicted octanol–water partition coefficient (Wildman–Crippen LogP) is 2.38. The van der Waals surface area contributed by atoms with Crippen molar-refractivity contribution in [1.29, 1.82) is 0 Å². The Morgan fingerprint density at radius 1 is 1.18 bits per heavy atom. The van der Waals surface area contributed by atoms with Gasteiger partial charge in [0.2, 0.25) is 0 Å². The molecule has 11 nitrogen and oxygen atoms in total. The second-order valence-corrected chi connectivity index (χ2v) is 9.19. The summed E-state index contributed by atoms with van der Waals surface area (Å²) in [6.45, 7) is 2.89. The molecule has 0 unspecified atom stereocenters. The molecule has 0 bridgehead atoms. The highest BCUT2D eigenvalue weighted by Crippen LogP contribution is 2.31. The minimum absolute atomic E-state index is 0.0209. The maximum atomic E-state index is 13.0. The van der Waals surface area contributed by atoms with E-state index in [9.17, 15) is 23.1 Å². The Morgan fingerprint density at radius 2 is 1.88 bits per heavy atom. The number of aromatic carboxylic acids is 1. The van der Waals surface area contributed by atoms with Crippen molar-refractivity contribution in [2.75, 3.05) is 43.5 Å². The number of methoxy groups -OCH3 is 2. The van der Waals surface area contributed by atoms with Crippen molar-refractivity contribution >= 4 is 33.5 Å². The highest BCUT2D eigenvalue weighted by molar-refractivity contribution is 7.92. The first-order valence-electron chi connectivity index (χ1n) is 10.6. The number of aromatic nitrogens is 1. The van der Waals surface area contributed by atoms with Crippen molar-refractivity contribution in [3.8, 4) is 11.5 Å². The van der Waals surface area contributed by atoms with Crippen LogP contribution in [0.25, 0.3) is 0 Å². The summed E-state index contributed by atoms with van der Waals surface area (Å²) in [4.78, 5) is 29.7. The first-order valence-corrected chi connectivity index (χ1v) is 12.1. The van der Waals surface area contributed by atoms with Crippen molar-refractivity contribution in [3.05, 3.63) is 36.0 Å². The topological polar surface area (TPSA) is 144 Å². The number of carboxylic acids is 1. The lowest BCUT2D eigenvalue weighted by Gasteiger charge is -2.32. The number of benzene rings is 1. The number of ether oxygens (including phenoxy) is 3. The second kappa shape index (κ2) is 10.6. The standard InChI is InChI=1S/C22H27N3O8S/c1-4-33-22(28)14-7-9-25(10-8-14)20-17(21(26)27)11-15(13-23-20)24-34(29,30)19-12-16(31-2)5-6-18(19)32-3/h5-6,11-14,24H,4,7-10H2,1-3H3,(H,26,27). The van der Waals surface area contributed by atoms with Crippen LogP contribution in [-0.2, 0) is 19.6 Å². The number of hydrogen-bond acceptors (Lipinski definition) is 9. The number of hydrogen-bond donors (Lipinski definition) is 2. The minimum atomic E-state index is -4.14. The van der Waals surface area contributed by atoms with Gasteiger partial charge in [0.05, 0.1) is 38.6 Å². The van der Waals surface area contributed by atoms with E-state index in [0.717, 1.165) is 0 Å². The molecule has 0 amide bonds. The van der Waals surface area contributed by atoms with Gasteiger partial charge in [-0.25, -0.2) is 18.2 Å². The number of anilines is 2. The minimum Gasteiger partial charge on any atom is -0.497 e. The fraction of sp³-hybridized carbons (Fsp3) is 0.409. The molecule has 2 N–H and O–H groups in total. The van der Waals surface area contributed by atoms with E-state index in [-0.39, 0.29) is 39.6 Å². The summed E-state index contributed by atoms with van der Waals surface area (Å²) in [5, 5.41) is 9.74. The second-order valence-electron chi connectivity index (χ2n) is 7.54. The lowest BCUT2D eigenvalue weighted by Crippen LogP contribution is -2.38. The van der Waals surface area contributed by atoms with E-state index in [4.69, 9.17) is 14.2 Å². The molecule has 1 fully saturated rings. The summed E-state index contributed by atoms with van der Waals surface area (Å²) < 4.78 is 43.6. The smallest absolute Gasteiger partial charge is 0.339 e. The SMILES string of the molecule is CCOC(=O)C1CCN(c2ncc(NS(=O)(=O)c3cc(OC)ccc3OC)cc2C(=O)O)CC1. The zero-order valence-electron chi connectivity index (χ0n) is 19.1. The zero-order valence-corrected chi connectivity index (χ0v) is 19.9. The van der Waals surface area contributed by atoms with Crippen LogP contribution in [0.5, 0.6) is 11.5 Å². The number of carbonyl (C=O) groups is 2. The molecular formula is C22H27N3O8S. The number of nitrogens with one attached hydrogen (secondary N) is 1. The Kier molecular flexibility index (Phi) is 7.82. The number of carboxylic acid groups (broad SMARTS) is 1. The van der Waals surface area contributed by atoms with Gasteiger partial charge in [-0.2, -0.15) is 0 Å². The summed E-state index contributed by atoms with van der Waals surface area (Å²) in [5.41, 5.74) is -0.181. The van der Waals surface area contributed by atoms with Crippen LogP contribution < -0.4 is 19.1 Å². The van der Waals surface area contributed by atoms with Crippen molar-refractivity contribution < 1.29 is 37.3 Å². The molecule has 1 saturated heterocycles. The maximum Gasteiger partial charge on any atom is 0.339 e. The molecule has 34 heavy (non-hydrogen) atoms. The molecule has 0 aliphatic carbocycles. The molecule has 2 heterocycles. The third kappa shape index (κ3) is 5.50. The number of rotatable bonds is 9. The van der Waals surface area contributed by atoms with Crippen LogP contribution in [0.2, 0.25) is 0 Å². The molecule has 2 aromatic rings. The third-order valence-corrected chi connectivity index (χ3v) is 6.83. The van der Waals surface area contributed by atoms with Gasteiger partial charge in [0.15, 0.2) is 0 Å². The normalized spacial score (nSPS) is 14.4. The molecule has 3 rings (SSSR count). The quantitative estimate of drug-likeness (QED) is 0.500. The van der Waals surface area contributed by atoms with Gasteiger partial charge in [0, 0.05) is 19.2 Å². The van der Waals surface area contributed by atoms with Crippen LogP contribution in [0.4, 0.5) is 11.5 Å². The van der Waals surface area contributed by atoms with E-state index in [1.807, 2.05) is 0 Å². The van der Waals surface area contributed by atoms with E-state index < -0.39 is 16.0 Å². The summed E-state index contributed by atoms with van der Waals surface area (Å²) in [6, 6.07) is 5.53. The molecule has 184 valence electrons. The van der Waals surface area contributed by atoms with Crippen molar-refractivity contribution in [2.45, 2.75) is 24.7 Å². The van der Waals surface area contributed by atoms with Crippen molar-refractivity contribution in [2.24, 2.45) is 5.92 Å². The highest BCUT2D eigenvalue weighted by atomic mass is 32.2. The summed E-state index contributed by atoms with van der Waals surface area (Å²) >= 11 is 0. The molecular weight excluding hydrogens is 466 g/mol. The molecule has 12 heteroatoms. The number of carbonyl (C=O) groups excluding carboxylic acids is 1. The van der Waals surface area contributed by atoms with Gasteiger partial charge in [-0.15, -0.1) is 0 Å². The van der Waals surface area contributed by atoms with Gasteiger partial charge in [0.25, 0.3) is 10.0 Å². The van der Waals surface area contributed by atoms with Gasteiger partial charge in [-0.1, -0.05) is 0 Å². The van der Waals surface area contributed by atoms with Crippen LogP contribution in [0, 0.1) is 5.92 Å². The first kappa shape index (κ1) is 25.1. The first-order chi connectivity index (χ1) is 16.2. The van der Waals surface area contributed by atoms with E-state index in [1.165, 1.54) is 38.6 Å². The van der Waals surface area contributed by atoms with Crippen LogP contribution in [0.3, 0.4) is 0 Å².